The molecule has 19 heavy (non-hydrogen) atoms. The molecule has 0 aromatic carbocycles. The lowest BCUT2D eigenvalue weighted by molar-refractivity contribution is 0.0930. The molecule has 3 nitrogen and oxygen atoms in total. The molecule has 0 bridgehead atoms. The third-order valence-corrected chi connectivity index (χ3v) is 4.68. The average molecular weight is 275 g/mol. The van der Waals surface area contributed by atoms with Crippen LogP contribution >= 0.6 is 11.3 Å². The quantitative estimate of drug-likeness (QED) is 0.826. The number of amides is 1. The van der Waals surface area contributed by atoms with Gasteiger partial charge in [-0.2, -0.15) is 0 Å². The van der Waals surface area contributed by atoms with Gasteiger partial charge in [-0.3, -0.25) is 4.79 Å². The number of aliphatic hydroxyl groups excluding tert-OH is 1. The number of hydrogen-bond donors (Lipinski definition) is 2. The minimum absolute atomic E-state index is 0.0332. The number of thiophene rings is 1. The van der Waals surface area contributed by atoms with Crippen molar-refractivity contribution in [3.8, 4) is 11.8 Å². The first-order chi connectivity index (χ1) is 9.28. The Hall–Kier alpha value is -1.31. The Morgan fingerprint density at radius 1 is 1.37 bits per heavy atom. The highest BCUT2D eigenvalue weighted by Crippen LogP contribution is 2.44. The van der Waals surface area contributed by atoms with Crippen molar-refractivity contribution in [3.05, 3.63) is 21.9 Å². The van der Waals surface area contributed by atoms with Crippen molar-refractivity contribution in [1.82, 2.24) is 5.32 Å². The van der Waals surface area contributed by atoms with Crippen LogP contribution in [0.1, 0.15) is 40.2 Å². The molecule has 3 rings (SSSR count). The molecule has 0 unspecified atom stereocenters. The molecule has 1 amide bonds. The first-order valence-electron chi connectivity index (χ1n) is 6.78. The monoisotopic (exact) mass is 275 g/mol. The van der Waals surface area contributed by atoms with Gasteiger partial charge in [0.15, 0.2) is 0 Å². The third kappa shape index (κ3) is 3.17. The lowest BCUT2D eigenvalue weighted by atomic mass is 10.1. The lowest BCUT2D eigenvalue weighted by Crippen LogP contribution is -2.37. The highest BCUT2D eigenvalue weighted by atomic mass is 32.1. The number of carbonyl (C=O) groups is 1. The fourth-order valence-electron chi connectivity index (χ4n) is 2.41. The van der Waals surface area contributed by atoms with Crippen LogP contribution in [0.4, 0.5) is 0 Å². The maximum absolute atomic E-state index is 12.2. The Morgan fingerprint density at radius 3 is 2.63 bits per heavy atom. The summed E-state index contributed by atoms with van der Waals surface area (Å²) >= 11 is 1.39. The molecule has 0 aliphatic heterocycles. The molecular formula is C15H17NO2S. The second-order valence-electron chi connectivity index (χ2n) is 5.30. The molecule has 2 aliphatic carbocycles. The molecule has 1 aromatic heterocycles. The first-order valence-corrected chi connectivity index (χ1v) is 7.60. The van der Waals surface area contributed by atoms with Crippen molar-refractivity contribution in [1.29, 1.82) is 0 Å². The van der Waals surface area contributed by atoms with Crippen LogP contribution < -0.4 is 5.32 Å². The van der Waals surface area contributed by atoms with E-state index in [1.54, 1.807) is 0 Å². The summed E-state index contributed by atoms with van der Waals surface area (Å²) in [6.45, 7) is -0.148. The molecule has 0 radical (unpaired) electrons. The van der Waals surface area contributed by atoms with Gasteiger partial charge in [0.25, 0.3) is 5.91 Å². The van der Waals surface area contributed by atoms with E-state index < -0.39 is 0 Å². The summed E-state index contributed by atoms with van der Waals surface area (Å²) in [6, 6.07) is 4.05. The SMILES string of the molecule is O=C(NC(C1CC1)C1CC1)c1ccc(C#CCO)s1. The van der Waals surface area contributed by atoms with E-state index in [1.165, 1.54) is 37.0 Å². The van der Waals surface area contributed by atoms with Crippen LogP contribution in [0.15, 0.2) is 12.1 Å². The van der Waals surface area contributed by atoms with Crippen LogP contribution in [0, 0.1) is 23.7 Å². The Labute approximate surface area is 117 Å². The molecule has 0 spiro atoms. The summed E-state index contributed by atoms with van der Waals surface area (Å²) in [5.74, 6) is 6.89. The van der Waals surface area contributed by atoms with Gasteiger partial charge < -0.3 is 10.4 Å². The van der Waals surface area contributed by atoms with Gasteiger partial charge in [-0.05, 0) is 49.7 Å². The highest BCUT2D eigenvalue weighted by Gasteiger charge is 2.42. The molecule has 2 N–H and O–H groups in total. The predicted octanol–water partition coefficient (Wildman–Crippen LogP) is 2.01. The van der Waals surface area contributed by atoms with Gasteiger partial charge in [0.1, 0.15) is 6.61 Å². The molecule has 100 valence electrons. The molecule has 2 saturated carbocycles. The normalized spacial score (nSPS) is 18.0. The third-order valence-electron chi connectivity index (χ3n) is 3.68. The first kappa shape index (κ1) is 12.7. The van der Waals surface area contributed by atoms with Crippen molar-refractivity contribution in [2.45, 2.75) is 31.7 Å². The van der Waals surface area contributed by atoms with E-state index in [1.807, 2.05) is 12.1 Å². The summed E-state index contributed by atoms with van der Waals surface area (Å²) in [5, 5.41) is 11.9. The number of hydrogen-bond acceptors (Lipinski definition) is 3. The average Bonchev–Trinajstić information content (AvgIpc) is 3.32. The zero-order valence-electron chi connectivity index (χ0n) is 10.7. The summed E-state index contributed by atoms with van der Waals surface area (Å²) in [5.41, 5.74) is 0. The summed E-state index contributed by atoms with van der Waals surface area (Å²) in [7, 11) is 0. The van der Waals surface area contributed by atoms with Crippen molar-refractivity contribution >= 4 is 17.2 Å². The lowest BCUT2D eigenvalue weighted by Gasteiger charge is -2.16. The van der Waals surface area contributed by atoms with Gasteiger partial charge in [-0.1, -0.05) is 11.8 Å². The van der Waals surface area contributed by atoms with Crippen LogP contribution in [0.5, 0.6) is 0 Å². The molecular weight excluding hydrogens is 258 g/mol. The summed E-state index contributed by atoms with van der Waals surface area (Å²) in [6.07, 6.45) is 5.05. The van der Waals surface area contributed by atoms with E-state index in [4.69, 9.17) is 5.11 Å². The van der Waals surface area contributed by atoms with Gasteiger partial charge in [0, 0.05) is 6.04 Å². The van der Waals surface area contributed by atoms with E-state index in [0.717, 1.165) is 4.88 Å². The largest absolute Gasteiger partial charge is 0.384 e. The van der Waals surface area contributed by atoms with Crippen LogP contribution in [0.25, 0.3) is 0 Å². The van der Waals surface area contributed by atoms with E-state index in [0.29, 0.717) is 22.8 Å². The molecule has 0 atom stereocenters. The second kappa shape index (κ2) is 5.36. The Morgan fingerprint density at radius 2 is 2.05 bits per heavy atom. The number of aliphatic hydroxyl groups is 1. The number of nitrogens with one attached hydrogen (secondary N) is 1. The molecule has 4 heteroatoms. The van der Waals surface area contributed by atoms with Crippen LogP contribution in [0.2, 0.25) is 0 Å². The topological polar surface area (TPSA) is 49.3 Å². The van der Waals surface area contributed by atoms with E-state index in [9.17, 15) is 4.79 Å². The second-order valence-corrected chi connectivity index (χ2v) is 6.38. The number of rotatable bonds is 4. The fraction of sp³-hybridized carbons (Fsp3) is 0.533. The Balaban J connectivity index is 1.64. The standard InChI is InChI=1S/C15H17NO2S/c17-9-1-2-12-7-8-13(19-12)15(18)16-14(10-3-4-10)11-5-6-11/h7-8,10-11,14,17H,3-6,9H2,(H,16,18). The van der Waals surface area contributed by atoms with Crippen LogP contribution in [-0.4, -0.2) is 23.7 Å². The van der Waals surface area contributed by atoms with E-state index in [2.05, 4.69) is 17.2 Å². The van der Waals surface area contributed by atoms with Gasteiger partial charge in [0.05, 0.1) is 9.75 Å². The van der Waals surface area contributed by atoms with Crippen molar-refractivity contribution in [2.75, 3.05) is 6.61 Å². The van der Waals surface area contributed by atoms with E-state index >= 15 is 0 Å². The van der Waals surface area contributed by atoms with Gasteiger partial charge in [-0.15, -0.1) is 11.3 Å². The molecule has 2 fully saturated rings. The maximum atomic E-state index is 12.2. The van der Waals surface area contributed by atoms with Gasteiger partial charge >= 0.3 is 0 Å². The maximum Gasteiger partial charge on any atom is 0.261 e. The minimum atomic E-state index is -0.148. The summed E-state index contributed by atoms with van der Waals surface area (Å²) in [4.78, 5) is 13.8. The van der Waals surface area contributed by atoms with Crippen molar-refractivity contribution in [2.24, 2.45) is 11.8 Å². The van der Waals surface area contributed by atoms with Crippen LogP contribution in [-0.2, 0) is 0 Å². The zero-order valence-corrected chi connectivity index (χ0v) is 11.5. The Kier molecular flexibility index (Phi) is 3.58. The zero-order chi connectivity index (χ0) is 13.2. The van der Waals surface area contributed by atoms with Crippen molar-refractivity contribution < 1.29 is 9.90 Å². The van der Waals surface area contributed by atoms with Gasteiger partial charge in [0.2, 0.25) is 0 Å². The highest BCUT2D eigenvalue weighted by molar-refractivity contribution is 7.14. The molecule has 2 aliphatic rings. The fourth-order valence-corrected chi connectivity index (χ4v) is 3.19. The number of carbonyl (C=O) groups excluding carboxylic acids is 1. The summed E-state index contributed by atoms with van der Waals surface area (Å²) < 4.78 is 0. The van der Waals surface area contributed by atoms with Crippen molar-refractivity contribution in [3.63, 3.8) is 0 Å². The predicted molar refractivity (Wildman–Crippen MR) is 75.0 cm³/mol. The Bertz CT molecular complexity index is 520. The molecule has 1 heterocycles. The molecule has 1 aromatic rings. The molecule has 0 saturated heterocycles. The smallest absolute Gasteiger partial charge is 0.261 e. The van der Waals surface area contributed by atoms with E-state index in [-0.39, 0.29) is 12.5 Å². The van der Waals surface area contributed by atoms with Gasteiger partial charge in [-0.25, -0.2) is 0 Å². The minimum Gasteiger partial charge on any atom is -0.384 e. The van der Waals surface area contributed by atoms with Crippen LogP contribution in [0.3, 0.4) is 0 Å².